The summed E-state index contributed by atoms with van der Waals surface area (Å²) in [4.78, 5) is 20.7. The van der Waals surface area contributed by atoms with Crippen LogP contribution >= 0.6 is 0 Å². The quantitative estimate of drug-likeness (QED) is 0.321. The fourth-order valence-electron chi connectivity index (χ4n) is 1.01. The summed E-state index contributed by atoms with van der Waals surface area (Å²) < 4.78 is 13.1. The van der Waals surface area contributed by atoms with E-state index < -0.39 is 27.8 Å². The number of nitrogens with zero attached hydrogens (tertiary/aromatic N) is 1. The van der Waals surface area contributed by atoms with E-state index in [1.54, 1.807) is 0 Å². The first kappa shape index (κ1) is 10.0. The minimum atomic E-state index is -0.913. The average Bonchev–Trinajstić information content (AvgIpc) is 2.16. The number of nitro groups is 1. The van der Waals surface area contributed by atoms with E-state index in [4.69, 9.17) is 0 Å². The molecule has 0 saturated carbocycles. The van der Waals surface area contributed by atoms with E-state index in [1.807, 2.05) is 0 Å². The summed E-state index contributed by atoms with van der Waals surface area (Å²) in [5.74, 6) is -1.71. The van der Waals surface area contributed by atoms with Crippen LogP contribution in [0.2, 0.25) is 0 Å². The number of carbonyl (C=O) groups is 1. The number of hydrogen-bond acceptors (Lipinski definition) is 3. The van der Waals surface area contributed by atoms with Crippen LogP contribution in [0.1, 0.15) is 10.4 Å². The fourth-order valence-corrected chi connectivity index (χ4v) is 1.01. The van der Waals surface area contributed by atoms with Crippen molar-refractivity contribution >= 4 is 11.5 Å². The van der Waals surface area contributed by atoms with Gasteiger partial charge in [0.25, 0.3) is 5.69 Å². The Morgan fingerprint density at radius 3 is 2.71 bits per heavy atom. The zero-order valence-corrected chi connectivity index (χ0v) is 7.07. The first-order chi connectivity index (χ1) is 6.57. The van der Waals surface area contributed by atoms with Crippen molar-refractivity contribution in [1.82, 2.24) is 0 Å². The van der Waals surface area contributed by atoms with Crippen LogP contribution in [0.15, 0.2) is 30.9 Å². The first-order valence-corrected chi connectivity index (χ1v) is 3.67. The van der Waals surface area contributed by atoms with Crippen molar-refractivity contribution in [2.45, 2.75) is 0 Å². The van der Waals surface area contributed by atoms with Crippen molar-refractivity contribution in [2.75, 3.05) is 0 Å². The highest BCUT2D eigenvalue weighted by atomic mass is 19.1. The van der Waals surface area contributed by atoms with Crippen LogP contribution < -0.4 is 0 Å². The van der Waals surface area contributed by atoms with Gasteiger partial charge in [-0.2, -0.15) is 0 Å². The molecule has 0 aromatic heterocycles. The van der Waals surface area contributed by atoms with Crippen LogP contribution in [-0.2, 0) is 0 Å². The Morgan fingerprint density at radius 1 is 1.57 bits per heavy atom. The molecule has 0 fully saturated rings. The van der Waals surface area contributed by atoms with Crippen LogP contribution in [0.3, 0.4) is 0 Å². The van der Waals surface area contributed by atoms with E-state index in [9.17, 15) is 19.3 Å². The molecule has 0 aliphatic heterocycles. The molecule has 72 valence electrons. The molecule has 0 unspecified atom stereocenters. The molecule has 0 aliphatic rings. The largest absolute Gasteiger partial charge is 0.289 e. The molecule has 0 aliphatic carbocycles. The van der Waals surface area contributed by atoms with Crippen molar-refractivity contribution in [1.29, 1.82) is 0 Å². The third-order valence-corrected chi connectivity index (χ3v) is 1.62. The zero-order valence-electron chi connectivity index (χ0n) is 7.07. The number of rotatable bonds is 3. The Morgan fingerprint density at radius 2 is 2.21 bits per heavy atom. The molecule has 0 bridgehead atoms. The minimum absolute atomic E-state index is 0.546. The van der Waals surface area contributed by atoms with Crippen LogP contribution in [0, 0.1) is 15.9 Å². The number of ketones is 1. The summed E-state index contributed by atoms with van der Waals surface area (Å²) in [6.07, 6.45) is 0.839. The van der Waals surface area contributed by atoms with Gasteiger partial charge in [0.2, 0.25) is 0 Å². The highest BCUT2D eigenvalue weighted by Crippen LogP contribution is 2.21. The van der Waals surface area contributed by atoms with E-state index >= 15 is 0 Å². The molecule has 0 spiro atoms. The number of benzene rings is 1. The maximum absolute atomic E-state index is 13.1. The van der Waals surface area contributed by atoms with Gasteiger partial charge in [0.1, 0.15) is 11.4 Å². The van der Waals surface area contributed by atoms with Gasteiger partial charge in [-0.25, -0.2) is 4.39 Å². The van der Waals surface area contributed by atoms with Crippen LogP contribution in [-0.4, -0.2) is 10.7 Å². The van der Waals surface area contributed by atoms with Crippen LogP contribution in [0.5, 0.6) is 0 Å². The molecule has 5 heteroatoms. The molecular formula is C9H6FNO3. The van der Waals surface area contributed by atoms with Crippen molar-refractivity contribution in [3.8, 4) is 0 Å². The molecule has 0 atom stereocenters. The number of allylic oxidation sites excluding steroid dienone is 1. The summed E-state index contributed by atoms with van der Waals surface area (Å²) in [5.41, 5.74) is -1.09. The summed E-state index contributed by atoms with van der Waals surface area (Å²) in [6, 6.07) is 3.23. The number of carbonyl (C=O) groups excluding carboxylic acids is 1. The summed E-state index contributed by atoms with van der Waals surface area (Å²) in [7, 11) is 0. The van der Waals surface area contributed by atoms with E-state index in [0.717, 1.165) is 18.2 Å². The van der Waals surface area contributed by atoms with Gasteiger partial charge in [-0.1, -0.05) is 12.6 Å². The highest BCUT2D eigenvalue weighted by molar-refractivity contribution is 6.07. The molecule has 0 radical (unpaired) electrons. The van der Waals surface area contributed by atoms with E-state index in [0.29, 0.717) is 0 Å². The molecule has 1 aromatic carbocycles. The molecule has 0 N–H and O–H groups in total. The number of halogens is 1. The molecule has 1 rings (SSSR count). The van der Waals surface area contributed by atoms with Gasteiger partial charge in [0.05, 0.1) is 4.92 Å². The van der Waals surface area contributed by atoms with Gasteiger partial charge in [-0.3, -0.25) is 14.9 Å². The second kappa shape index (κ2) is 3.78. The van der Waals surface area contributed by atoms with Gasteiger partial charge in [0.15, 0.2) is 5.78 Å². The lowest BCUT2D eigenvalue weighted by Gasteiger charge is -1.99. The van der Waals surface area contributed by atoms with Crippen LogP contribution in [0.25, 0.3) is 0 Å². The maximum Gasteiger partial charge on any atom is 0.283 e. The standard InChI is InChI=1S/C9H6FNO3/c1-2-8(12)9-6(10)4-3-5-7(9)11(13)14/h2-5H,1H2. The lowest BCUT2D eigenvalue weighted by molar-refractivity contribution is -0.385. The third kappa shape index (κ3) is 1.66. The highest BCUT2D eigenvalue weighted by Gasteiger charge is 2.21. The Labute approximate surface area is 78.8 Å². The molecule has 0 amide bonds. The molecule has 0 saturated heterocycles. The van der Waals surface area contributed by atoms with Crippen LogP contribution in [0.4, 0.5) is 10.1 Å². The van der Waals surface area contributed by atoms with Crippen molar-refractivity contribution in [2.24, 2.45) is 0 Å². The third-order valence-electron chi connectivity index (χ3n) is 1.62. The average molecular weight is 195 g/mol. The van der Waals surface area contributed by atoms with E-state index in [2.05, 4.69) is 6.58 Å². The summed E-state index contributed by atoms with van der Waals surface area (Å²) in [5, 5.41) is 10.4. The Kier molecular flexibility index (Phi) is 2.71. The van der Waals surface area contributed by atoms with Gasteiger partial charge >= 0.3 is 0 Å². The van der Waals surface area contributed by atoms with Gasteiger partial charge in [-0.05, 0) is 12.1 Å². The monoisotopic (exact) mass is 195 g/mol. The van der Waals surface area contributed by atoms with E-state index in [1.165, 1.54) is 6.07 Å². The first-order valence-electron chi connectivity index (χ1n) is 3.67. The van der Waals surface area contributed by atoms with Gasteiger partial charge < -0.3 is 0 Å². The predicted molar refractivity (Wildman–Crippen MR) is 47.6 cm³/mol. The second-order valence-corrected chi connectivity index (χ2v) is 2.46. The summed E-state index contributed by atoms with van der Waals surface area (Å²) in [6.45, 7) is 3.14. The maximum atomic E-state index is 13.1. The van der Waals surface area contributed by atoms with E-state index in [-0.39, 0.29) is 0 Å². The SMILES string of the molecule is C=CC(=O)c1c(F)cccc1[N+](=O)[O-]. The Bertz CT molecular complexity index is 415. The lowest BCUT2D eigenvalue weighted by atomic mass is 10.1. The van der Waals surface area contributed by atoms with Crippen molar-refractivity contribution in [3.63, 3.8) is 0 Å². The van der Waals surface area contributed by atoms with Crippen molar-refractivity contribution < 1.29 is 14.1 Å². The molecule has 4 nitrogen and oxygen atoms in total. The summed E-state index contributed by atoms with van der Waals surface area (Å²) >= 11 is 0. The topological polar surface area (TPSA) is 60.2 Å². The molecule has 14 heavy (non-hydrogen) atoms. The normalized spacial score (nSPS) is 9.50. The zero-order chi connectivity index (χ0) is 10.7. The molecule has 0 heterocycles. The number of hydrogen-bond donors (Lipinski definition) is 0. The van der Waals surface area contributed by atoms with Crippen molar-refractivity contribution in [3.05, 3.63) is 52.3 Å². The molecular weight excluding hydrogens is 189 g/mol. The lowest BCUT2D eigenvalue weighted by Crippen LogP contribution is -2.03. The smallest absolute Gasteiger partial charge is 0.283 e. The number of nitro benzene ring substituents is 1. The Balaban J connectivity index is 3.44. The Hall–Kier alpha value is -2.04. The van der Waals surface area contributed by atoms with Gasteiger partial charge in [0, 0.05) is 6.07 Å². The second-order valence-electron chi connectivity index (χ2n) is 2.46. The molecule has 1 aromatic rings. The minimum Gasteiger partial charge on any atom is -0.289 e. The fraction of sp³-hybridized carbons (Fsp3) is 0. The van der Waals surface area contributed by atoms with Gasteiger partial charge in [-0.15, -0.1) is 0 Å². The predicted octanol–water partition coefficient (Wildman–Crippen LogP) is 2.10.